The highest BCUT2D eigenvalue weighted by molar-refractivity contribution is 8.02. The van der Waals surface area contributed by atoms with Crippen molar-refractivity contribution in [2.75, 3.05) is 12.4 Å². The molecule has 1 N–H and O–H groups in total. The van der Waals surface area contributed by atoms with E-state index in [4.69, 9.17) is 0 Å². The van der Waals surface area contributed by atoms with E-state index in [-0.39, 0.29) is 11.2 Å². The summed E-state index contributed by atoms with van der Waals surface area (Å²) >= 11 is 2.92. The van der Waals surface area contributed by atoms with Crippen molar-refractivity contribution in [1.29, 1.82) is 5.26 Å². The molecule has 2 aliphatic rings. The first kappa shape index (κ1) is 17.5. The third-order valence-electron chi connectivity index (χ3n) is 4.80. The lowest BCUT2D eigenvalue weighted by molar-refractivity contribution is -0.133. The van der Waals surface area contributed by atoms with Gasteiger partial charge in [-0.2, -0.15) is 5.26 Å². The molecule has 2 aliphatic carbocycles. The highest BCUT2D eigenvalue weighted by Gasteiger charge is 2.40. The molecule has 1 amide bonds. The van der Waals surface area contributed by atoms with Crippen LogP contribution in [-0.4, -0.2) is 44.9 Å². The Morgan fingerprint density at radius 3 is 2.75 bits per heavy atom. The van der Waals surface area contributed by atoms with Gasteiger partial charge in [0.2, 0.25) is 11.0 Å². The van der Waals surface area contributed by atoms with E-state index in [1.165, 1.54) is 35.9 Å². The van der Waals surface area contributed by atoms with E-state index in [0.29, 0.717) is 6.04 Å². The summed E-state index contributed by atoms with van der Waals surface area (Å²) in [7, 11) is 1.77. The normalized spacial score (nSPS) is 20.9. The van der Waals surface area contributed by atoms with Crippen molar-refractivity contribution in [2.24, 2.45) is 0 Å². The van der Waals surface area contributed by atoms with Crippen LogP contribution >= 0.6 is 23.1 Å². The van der Waals surface area contributed by atoms with Crippen molar-refractivity contribution in [1.82, 2.24) is 15.1 Å². The number of anilines is 1. The molecule has 24 heavy (non-hydrogen) atoms. The first-order valence-electron chi connectivity index (χ1n) is 8.50. The second-order valence-corrected chi connectivity index (χ2v) is 9.22. The maximum absolute atomic E-state index is 12.8. The number of rotatable bonds is 6. The molecule has 6 nitrogen and oxygen atoms in total. The fourth-order valence-electron chi connectivity index (χ4n) is 3.06. The lowest BCUT2D eigenvalue weighted by Gasteiger charge is -2.39. The van der Waals surface area contributed by atoms with Crippen LogP contribution in [0.5, 0.6) is 0 Å². The molecule has 1 unspecified atom stereocenters. The van der Waals surface area contributed by atoms with E-state index in [2.05, 4.69) is 21.6 Å². The van der Waals surface area contributed by atoms with Crippen molar-refractivity contribution < 1.29 is 4.79 Å². The Bertz CT molecular complexity index is 631. The SMILES string of the molecule is CC(Sc1nnc(NC2CC2)s1)C(=O)N(C)C1(C#N)CCCCC1. The largest absolute Gasteiger partial charge is 0.357 e. The van der Waals surface area contributed by atoms with Crippen molar-refractivity contribution >= 4 is 34.1 Å². The number of carbonyl (C=O) groups is 1. The fraction of sp³-hybridized carbons (Fsp3) is 0.750. The minimum Gasteiger partial charge on any atom is -0.357 e. The highest BCUT2D eigenvalue weighted by atomic mass is 32.2. The molecule has 0 saturated heterocycles. The van der Waals surface area contributed by atoms with Crippen LogP contribution in [0.3, 0.4) is 0 Å². The molecule has 1 aromatic rings. The third kappa shape index (κ3) is 3.83. The van der Waals surface area contributed by atoms with Gasteiger partial charge in [-0.25, -0.2) is 0 Å². The van der Waals surface area contributed by atoms with Crippen molar-refractivity contribution in [3.8, 4) is 6.07 Å². The summed E-state index contributed by atoms with van der Waals surface area (Å²) in [5, 5.41) is 21.8. The molecule has 3 rings (SSSR count). The van der Waals surface area contributed by atoms with Crippen LogP contribution in [0.4, 0.5) is 5.13 Å². The molecule has 1 atom stereocenters. The minimum atomic E-state index is -0.635. The molecule has 130 valence electrons. The molecule has 2 saturated carbocycles. The number of hydrogen-bond acceptors (Lipinski definition) is 7. The van der Waals surface area contributed by atoms with Gasteiger partial charge in [0, 0.05) is 13.1 Å². The van der Waals surface area contributed by atoms with Gasteiger partial charge in [-0.3, -0.25) is 4.79 Å². The number of carbonyl (C=O) groups excluding carboxylic acids is 1. The third-order valence-corrected chi connectivity index (χ3v) is 6.82. The molecule has 0 bridgehead atoms. The van der Waals surface area contributed by atoms with E-state index in [1.807, 2.05) is 6.92 Å². The first-order valence-corrected chi connectivity index (χ1v) is 10.2. The Hall–Kier alpha value is -1.33. The predicted octanol–water partition coefficient (Wildman–Crippen LogP) is 3.28. The highest BCUT2D eigenvalue weighted by Crippen LogP contribution is 2.36. The van der Waals surface area contributed by atoms with Gasteiger partial charge in [0.1, 0.15) is 5.54 Å². The first-order chi connectivity index (χ1) is 11.5. The molecule has 8 heteroatoms. The minimum absolute atomic E-state index is 0.00430. The van der Waals surface area contributed by atoms with E-state index in [1.54, 1.807) is 11.9 Å². The molecule has 0 aromatic carbocycles. The fourth-order valence-corrected chi connectivity index (χ4v) is 5.13. The molecule has 2 fully saturated rings. The quantitative estimate of drug-likeness (QED) is 0.779. The number of amides is 1. The lowest BCUT2D eigenvalue weighted by atomic mass is 9.81. The van der Waals surface area contributed by atoms with E-state index < -0.39 is 5.54 Å². The molecule has 1 heterocycles. The lowest BCUT2D eigenvalue weighted by Crippen LogP contribution is -2.52. The van der Waals surface area contributed by atoms with Crippen LogP contribution < -0.4 is 5.32 Å². The predicted molar refractivity (Wildman–Crippen MR) is 96.1 cm³/mol. The Morgan fingerprint density at radius 2 is 2.12 bits per heavy atom. The number of nitriles is 1. The van der Waals surface area contributed by atoms with E-state index in [9.17, 15) is 10.1 Å². The smallest absolute Gasteiger partial charge is 0.236 e. The number of nitrogens with zero attached hydrogens (tertiary/aromatic N) is 4. The number of aromatic nitrogens is 2. The molecule has 1 aromatic heterocycles. The average Bonchev–Trinajstić information content (AvgIpc) is 3.32. The van der Waals surface area contributed by atoms with Gasteiger partial charge in [0.25, 0.3) is 0 Å². The molecule has 0 radical (unpaired) electrons. The van der Waals surface area contributed by atoms with Crippen molar-refractivity contribution in [3.63, 3.8) is 0 Å². The van der Waals surface area contributed by atoms with Crippen LogP contribution in [0.2, 0.25) is 0 Å². The van der Waals surface area contributed by atoms with Gasteiger partial charge in [0.15, 0.2) is 4.34 Å². The summed E-state index contributed by atoms with van der Waals surface area (Å²) in [4.78, 5) is 14.5. The standard InChI is InChI=1S/C16H23N5OS2/c1-11(23-15-20-19-14(24-15)18-12-6-7-12)13(22)21(2)16(10-17)8-4-3-5-9-16/h11-12H,3-9H2,1-2H3,(H,18,19). The molecule has 0 spiro atoms. The van der Waals surface area contributed by atoms with Crippen LogP contribution in [0, 0.1) is 11.3 Å². The monoisotopic (exact) mass is 365 g/mol. The Labute approximate surface area is 151 Å². The summed E-state index contributed by atoms with van der Waals surface area (Å²) in [5.41, 5.74) is -0.635. The van der Waals surface area contributed by atoms with Gasteiger partial charge in [-0.05, 0) is 32.6 Å². The average molecular weight is 366 g/mol. The Morgan fingerprint density at radius 1 is 1.42 bits per heavy atom. The van der Waals surface area contributed by atoms with Gasteiger partial charge in [0.05, 0.1) is 11.3 Å². The zero-order valence-electron chi connectivity index (χ0n) is 14.1. The van der Waals surface area contributed by atoms with Gasteiger partial charge < -0.3 is 10.2 Å². The zero-order valence-corrected chi connectivity index (χ0v) is 15.8. The second kappa shape index (κ2) is 7.28. The Balaban J connectivity index is 1.60. The number of hydrogen-bond donors (Lipinski definition) is 1. The van der Waals surface area contributed by atoms with Crippen LogP contribution in [0.15, 0.2) is 4.34 Å². The van der Waals surface area contributed by atoms with Crippen LogP contribution in [0.1, 0.15) is 51.9 Å². The van der Waals surface area contributed by atoms with E-state index in [0.717, 1.165) is 41.6 Å². The van der Waals surface area contributed by atoms with E-state index >= 15 is 0 Å². The van der Waals surface area contributed by atoms with Gasteiger partial charge in [-0.15, -0.1) is 10.2 Å². The van der Waals surface area contributed by atoms with Crippen molar-refractivity contribution in [3.05, 3.63) is 0 Å². The van der Waals surface area contributed by atoms with Crippen LogP contribution in [-0.2, 0) is 4.79 Å². The van der Waals surface area contributed by atoms with Crippen molar-refractivity contribution in [2.45, 2.75) is 73.0 Å². The van der Waals surface area contributed by atoms with Gasteiger partial charge in [-0.1, -0.05) is 42.4 Å². The van der Waals surface area contributed by atoms with Crippen LogP contribution in [0.25, 0.3) is 0 Å². The maximum atomic E-state index is 12.8. The molecule has 0 aliphatic heterocycles. The Kier molecular flexibility index (Phi) is 5.30. The molecular formula is C16H23N5OS2. The zero-order chi connectivity index (χ0) is 17.2. The maximum Gasteiger partial charge on any atom is 0.236 e. The summed E-state index contributed by atoms with van der Waals surface area (Å²) in [6.45, 7) is 1.88. The topological polar surface area (TPSA) is 81.9 Å². The summed E-state index contributed by atoms with van der Waals surface area (Å²) in [6.07, 6.45) is 7.11. The summed E-state index contributed by atoms with van der Waals surface area (Å²) in [6, 6.07) is 2.95. The summed E-state index contributed by atoms with van der Waals surface area (Å²) < 4.78 is 0.794. The summed E-state index contributed by atoms with van der Waals surface area (Å²) in [5.74, 6) is -0.00430. The second-order valence-electron chi connectivity index (χ2n) is 6.65. The number of nitrogens with one attached hydrogen (secondary N) is 1. The number of thioether (sulfide) groups is 1. The van der Waals surface area contributed by atoms with Gasteiger partial charge >= 0.3 is 0 Å². The molecular weight excluding hydrogens is 342 g/mol.